The van der Waals surface area contributed by atoms with Crippen LogP contribution in [0, 0.1) is 28.1 Å². The number of carbonyl (C=O) groups excluding carboxylic acids is 1. The number of nitriles is 2. The van der Waals surface area contributed by atoms with Gasteiger partial charge >= 0.3 is 0 Å². The molecule has 1 atom stereocenters. The van der Waals surface area contributed by atoms with Crippen molar-refractivity contribution in [3.63, 3.8) is 0 Å². The second-order valence-corrected chi connectivity index (χ2v) is 11.3. The summed E-state index contributed by atoms with van der Waals surface area (Å²) in [6.45, 7) is 12.9. The van der Waals surface area contributed by atoms with Crippen molar-refractivity contribution in [2.75, 3.05) is 17.2 Å². The minimum absolute atomic E-state index is 0.0340. The summed E-state index contributed by atoms with van der Waals surface area (Å²) in [5, 5.41) is 29.4. The molecule has 0 spiro atoms. The number of rotatable bonds is 10. The van der Waals surface area contributed by atoms with Gasteiger partial charge in [-0.1, -0.05) is 45.6 Å². The van der Waals surface area contributed by atoms with Crippen LogP contribution in [0.25, 0.3) is 10.9 Å². The zero-order chi connectivity index (χ0) is 29.0. The lowest BCUT2D eigenvalue weighted by atomic mass is 9.96. The van der Waals surface area contributed by atoms with E-state index in [1.54, 1.807) is 25.1 Å². The Labute approximate surface area is 234 Å². The number of primary amides is 1. The predicted octanol–water partition coefficient (Wildman–Crippen LogP) is 4.09. The van der Waals surface area contributed by atoms with Crippen molar-refractivity contribution in [3.05, 3.63) is 77.3 Å². The molecule has 2 aromatic rings. The summed E-state index contributed by atoms with van der Waals surface area (Å²) in [6.07, 6.45) is 10.9. The minimum atomic E-state index is -0.490. The number of allylic oxidation sites excluding steroid dienone is 2. The topological polar surface area (TPSA) is 155 Å². The van der Waals surface area contributed by atoms with Gasteiger partial charge in [-0.2, -0.15) is 10.5 Å². The van der Waals surface area contributed by atoms with Crippen LogP contribution in [0.2, 0.25) is 0 Å². The first kappa shape index (κ1) is 28.2. The molecule has 1 aromatic heterocycles. The summed E-state index contributed by atoms with van der Waals surface area (Å²) >= 11 is 0. The summed E-state index contributed by atoms with van der Waals surface area (Å²) in [5.41, 5.74) is 16.3. The van der Waals surface area contributed by atoms with Gasteiger partial charge in [0.2, 0.25) is 5.91 Å². The molecule has 1 saturated carbocycles. The second-order valence-electron chi connectivity index (χ2n) is 11.3. The Hall–Kier alpha value is -4.80. The van der Waals surface area contributed by atoms with Crippen LogP contribution in [0.5, 0.6) is 0 Å². The van der Waals surface area contributed by atoms with Crippen LogP contribution in [-0.4, -0.2) is 34.5 Å². The molecule has 1 aromatic carbocycles. The maximum atomic E-state index is 11.4. The molecule has 1 amide bonds. The minimum Gasteiger partial charge on any atom is -0.383 e. The number of amides is 1. The third-order valence-corrected chi connectivity index (χ3v) is 6.59. The molecule has 40 heavy (non-hydrogen) atoms. The predicted molar refractivity (Wildman–Crippen MR) is 157 cm³/mol. The van der Waals surface area contributed by atoms with E-state index < -0.39 is 11.9 Å². The van der Waals surface area contributed by atoms with E-state index in [0.717, 1.165) is 18.5 Å². The first-order chi connectivity index (χ1) is 19.0. The van der Waals surface area contributed by atoms with Gasteiger partial charge in [-0.3, -0.25) is 14.8 Å². The van der Waals surface area contributed by atoms with Crippen LogP contribution < -0.4 is 27.3 Å². The summed E-state index contributed by atoms with van der Waals surface area (Å²) in [6, 6.07) is 8.16. The van der Waals surface area contributed by atoms with Gasteiger partial charge < -0.3 is 21.8 Å². The average molecular weight is 538 g/mol. The number of nitrogens with one attached hydrogen (secondary N) is 4. The fourth-order valence-corrected chi connectivity index (χ4v) is 4.17. The van der Waals surface area contributed by atoms with E-state index in [9.17, 15) is 15.3 Å². The van der Waals surface area contributed by atoms with Crippen molar-refractivity contribution in [1.29, 1.82) is 10.5 Å². The highest BCUT2D eigenvalue weighted by molar-refractivity contribution is 5.99. The first-order valence-electron chi connectivity index (χ1n) is 13.1. The van der Waals surface area contributed by atoms with E-state index >= 15 is 0 Å². The van der Waals surface area contributed by atoms with Crippen molar-refractivity contribution in [2.45, 2.75) is 52.6 Å². The molecular weight excluding hydrogens is 502 g/mol. The van der Waals surface area contributed by atoms with Crippen LogP contribution in [-0.2, 0) is 4.79 Å². The number of benzene rings is 1. The number of carbonyl (C=O) groups is 1. The van der Waals surface area contributed by atoms with Gasteiger partial charge in [-0.15, -0.1) is 5.53 Å². The molecule has 0 bridgehead atoms. The lowest BCUT2D eigenvalue weighted by molar-refractivity contribution is -0.114. The van der Waals surface area contributed by atoms with Crippen molar-refractivity contribution >= 4 is 28.2 Å². The molecule has 0 radical (unpaired) electrons. The largest absolute Gasteiger partial charge is 0.383 e. The molecule has 206 valence electrons. The smallest absolute Gasteiger partial charge is 0.244 e. The standard InChI is InChI=1S/C30H35N9O/c1-18(7-6-8-19(2)29(33)40)26(25-16-39(38-37-25)23-9-10-23)36-22-11-20(13-31)27-24(12-22)28(21(14-32)15-34-27)35-17-30(3,4)5/h6-8,11-12,15-16,23,26,36-38H,1,9-10,17H2,2-5H3,(H2,33,40)(H,34,35)/b7-6-,19-8+/t26-/m0/s1. The zero-order valence-corrected chi connectivity index (χ0v) is 23.3. The maximum Gasteiger partial charge on any atom is 0.244 e. The SMILES string of the molecule is C=C(/C=C\C=C(/C)C(N)=O)[C@H](Nc1cc(C#N)c2ncc(C#N)c(NCC(C)(C)C)c2c1)C1=CN(C2CC2)NN1. The fraction of sp³-hybridized carbons (Fsp3) is 0.333. The van der Waals surface area contributed by atoms with E-state index in [4.69, 9.17) is 5.73 Å². The lowest BCUT2D eigenvalue weighted by Crippen LogP contribution is -2.40. The molecule has 0 saturated heterocycles. The molecule has 1 fully saturated rings. The van der Waals surface area contributed by atoms with Crippen molar-refractivity contribution in [1.82, 2.24) is 21.0 Å². The van der Waals surface area contributed by atoms with E-state index in [1.807, 2.05) is 23.4 Å². The normalized spacial score (nSPS) is 16.2. The van der Waals surface area contributed by atoms with Gasteiger partial charge in [0.1, 0.15) is 12.1 Å². The van der Waals surface area contributed by atoms with Gasteiger partial charge in [0.25, 0.3) is 0 Å². The number of pyridine rings is 1. The van der Waals surface area contributed by atoms with Gasteiger partial charge in [0.15, 0.2) is 0 Å². The quantitative estimate of drug-likeness (QED) is 0.223. The lowest BCUT2D eigenvalue weighted by Gasteiger charge is -2.23. The zero-order valence-electron chi connectivity index (χ0n) is 23.3. The van der Waals surface area contributed by atoms with E-state index in [0.29, 0.717) is 57.1 Å². The number of nitrogens with zero attached hydrogens (tertiary/aromatic N) is 4. The number of hydrogen-bond acceptors (Lipinski definition) is 9. The Morgan fingerprint density at radius 1 is 1.30 bits per heavy atom. The summed E-state index contributed by atoms with van der Waals surface area (Å²) in [5.74, 6) is -0.490. The molecule has 4 rings (SSSR count). The molecule has 1 aliphatic carbocycles. The Morgan fingerprint density at radius 2 is 2.02 bits per heavy atom. The number of nitrogens with two attached hydrogens (primary N) is 1. The average Bonchev–Trinajstić information content (AvgIpc) is 3.65. The molecule has 2 aliphatic rings. The molecular formula is C30H35N9O. The van der Waals surface area contributed by atoms with Gasteiger partial charge in [-0.05, 0) is 42.9 Å². The Bertz CT molecular complexity index is 1510. The Kier molecular flexibility index (Phi) is 8.13. The van der Waals surface area contributed by atoms with Gasteiger partial charge in [-0.25, -0.2) is 0 Å². The molecule has 6 N–H and O–H groups in total. The first-order valence-corrected chi connectivity index (χ1v) is 13.1. The Morgan fingerprint density at radius 3 is 2.65 bits per heavy atom. The number of fused-ring (bicyclic) bond motifs is 1. The van der Waals surface area contributed by atoms with E-state index in [-0.39, 0.29) is 5.41 Å². The summed E-state index contributed by atoms with van der Waals surface area (Å²) in [4.78, 5) is 15.8. The van der Waals surface area contributed by atoms with Crippen LogP contribution >= 0.6 is 0 Å². The highest BCUT2D eigenvalue weighted by Gasteiger charge is 2.32. The van der Waals surface area contributed by atoms with Crippen molar-refractivity contribution in [3.8, 4) is 12.1 Å². The third kappa shape index (κ3) is 6.60. The van der Waals surface area contributed by atoms with Crippen molar-refractivity contribution in [2.24, 2.45) is 11.1 Å². The molecule has 1 aliphatic heterocycles. The second kappa shape index (κ2) is 11.5. The van der Waals surface area contributed by atoms with Crippen LogP contribution in [0.3, 0.4) is 0 Å². The highest BCUT2D eigenvalue weighted by Crippen LogP contribution is 2.33. The number of hydrazine groups is 2. The fourth-order valence-electron chi connectivity index (χ4n) is 4.17. The van der Waals surface area contributed by atoms with Crippen LogP contribution in [0.15, 0.2) is 66.2 Å². The van der Waals surface area contributed by atoms with Crippen LogP contribution in [0.4, 0.5) is 11.4 Å². The summed E-state index contributed by atoms with van der Waals surface area (Å²) in [7, 11) is 0. The monoisotopic (exact) mass is 537 g/mol. The number of anilines is 2. The van der Waals surface area contributed by atoms with E-state index in [2.05, 4.69) is 66.1 Å². The Balaban J connectivity index is 1.75. The molecule has 0 unspecified atom stereocenters. The van der Waals surface area contributed by atoms with Gasteiger partial charge in [0, 0.05) is 41.6 Å². The molecule has 10 nitrogen and oxygen atoms in total. The third-order valence-electron chi connectivity index (χ3n) is 6.59. The van der Waals surface area contributed by atoms with Crippen LogP contribution in [0.1, 0.15) is 51.7 Å². The maximum absolute atomic E-state index is 11.4. The molecule has 10 heteroatoms. The summed E-state index contributed by atoms with van der Waals surface area (Å²) < 4.78 is 0. The number of aromatic nitrogens is 1. The van der Waals surface area contributed by atoms with Crippen molar-refractivity contribution < 1.29 is 4.79 Å². The van der Waals surface area contributed by atoms with E-state index in [1.165, 1.54) is 6.20 Å². The number of hydrogen-bond donors (Lipinski definition) is 5. The van der Waals surface area contributed by atoms with Gasteiger partial charge in [0.05, 0.1) is 34.1 Å². The highest BCUT2D eigenvalue weighted by atomic mass is 16.1. The molecule has 2 heterocycles.